The second-order valence-electron chi connectivity index (χ2n) is 8.22. The van der Waals surface area contributed by atoms with Gasteiger partial charge in [0.15, 0.2) is 0 Å². The Morgan fingerprint density at radius 1 is 1.05 bits per heavy atom. The smallest absolute Gasteiger partial charge is 0.293 e. The maximum Gasteiger partial charge on any atom is 0.293 e. The third-order valence-electron chi connectivity index (χ3n) is 5.71. The van der Waals surface area contributed by atoms with Crippen LogP contribution in [-0.4, -0.2) is 44.6 Å². The SMILES string of the molecule is O=C(NS(=O)(=O)c1ccc(NCCSc2ccccc2)c([N+](=O)[O-])c1)c1ccc(C2=CCNCC2)cc1. The number of nitrogens with one attached hydrogen (secondary N) is 3. The molecule has 3 aromatic carbocycles. The Kier molecular flexibility index (Phi) is 8.59. The first-order valence-corrected chi connectivity index (χ1v) is 14.1. The number of hydrogen-bond donors (Lipinski definition) is 3. The number of thioether (sulfide) groups is 1. The first-order valence-electron chi connectivity index (χ1n) is 11.6. The summed E-state index contributed by atoms with van der Waals surface area (Å²) in [6.45, 7) is 2.09. The highest BCUT2D eigenvalue weighted by Crippen LogP contribution is 2.28. The molecule has 1 amide bonds. The molecule has 0 radical (unpaired) electrons. The van der Waals surface area contributed by atoms with E-state index in [1.165, 1.54) is 12.1 Å². The van der Waals surface area contributed by atoms with Crippen LogP contribution < -0.4 is 15.4 Å². The number of amides is 1. The highest BCUT2D eigenvalue weighted by Gasteiger charge is 2.24. The molecule has 0 fully saturated rings. The first-order chi connectivity index (χ1) is 17.8. The van der Waals surface area contributed by atoms with Crippen LogP contribution in [0.2, 0.25) is 0 Å². The molecule has 9 nitrogen and oxygen atoms in total. The Labute approximate surface area is 219 Å². The highest BCUT2D eigenvalue weighted by molar-refractivity contribution is 7.99. The predicted molar refractivity (Wildman–Crippen MR) is 145 cm³/mol. The molecule has 0 unspecified atom stereocenters. The normalized spacial score (nSPS) is 13.5. The number of sulfonamides is 1. The quantitative estimate of drug-likeness (QED) is 0.151. The van der Waals surface area contributed by atoms with Crippen LogP contribution in [0.5, 0.6) is 0 Å². The van der Waals surface area contributed by atoms with Crippen molar-refractivity contribution in [3.8, 4) is 0 Å². The van der Waals surface area contributed by atoms with Crippen molar-refractivity contribution >= 4 is 44.6 Å². The zero-order chi connectivity index (χ0) is 26.3. The van der Waals surface area contributed by atoms with E-state index in [2.05, 4.69) is 16.7 Å². The van der Waals surface area contributed by atoms with Gasteiger partial charge in [-0.15, -0.1) is 11.8 Å². The monoisotopic (exact) mass is 538 g/mol. The summed E-state index contributed by atoms with van der Waals surface area (Å²) in [7, 11) is -4.33. The van der Waals surface area contributed by atoms with E-state index >= 15 is 0 Å². The van der Waals surface area contributed by atoms with Crippen molar-refractivity contribution in [1.82, 2.24) is 10.0 Å². The van der Waals surface area contributed by atoms with E-state index in [1.807, 2.05) is 35.1 Å². The molecular formula is C26H26N4O5S2. The maximum atomic E-state index is 12.8. The number of carbonyl (C=O) groups is 1. The maximum absolute atomic E-state index is 12.8. The number of hydrogen-bond acceptors (Lipinski definition) is 8. The highest BCUT2D eigenvalue weighted by atomic mass is 32.2. The predicted octanol–water partition coefficient (Wildman–Crippen LogP) is 4.29. The minimum absolute atomic E-state index is 0.172. The number of rotatable bonds is 10. The van der Waals surface area contributed by atoms with Crippen molar-refractivity contribution in [3.63, 3.8) is 0 Å². The number of nitro benzene ring substituents is 1. The summed E-state index contributed by atoms with van der Waals surface area (Å²) >= 11 is 1.59. The molecule has 0 bridgehead atoms. The van der Waals surface area contributed by atoms with Gasteiger partial charge in [0.2, 0.25) is 0 Å². The lowest BCUT2D eigenvalue weighted by atomic mass is 9.99. The van der Waals surface area contributed by atoms with Crippen LogP contribution in [0, 0.1) is 10.1 Å². The summed E-state index contributed by atoms with van der Waals surface area (Å²) in [5.41, 5.74) is 2.12. The molecule has 3 N–H and O–H groups in total. The van der Waals surface area contributed by atoms with Gasteiger partial charge in [-0.3, -0.25) is 14.9 Å². The van der Waals surface area contributed by atoms with Gasteiger partial charge < -0.3 is 10.6 Å². The molecule has 37 heavy (non-hydrogen) atoms. The van der Waals surface area contributed by atoms with Crippen molar-refractivity contribution in [2.45, 2.75) is 16.2 Å². The Balaban J connectivity index is 1.41. The van der Waals surface area contributed by atoms with Crippen molar-refractivity contribution in [1.29, 1.82) is 0 Å². The molecule has 11 heteroatoms. The van der Waals surface area contributed by atoms with E-state index in [1.54, 1.807) is 36.0 Å². The third kappa shape index (κ3) is 6.97. The van der Waals surface area contributed by atoms with E-state index in [4.69, 9.17) is 0 Å². The van der Waals surface area contributed by atoms with Crippen LogP contribution in [0.15, 0.2) is 88.7 Å². The number of carbonyl (C=O) groups excluding carboxylic acids is 1. The van der Waals surface area contributed by atoms with Crippen LogP contribution in [0.1, 0.15) is 22.3 Å². The fraction of sp³-hybridized carbons (Fsp3) is 0.192. The molecule has 1 aliphatic heterocycles. The standard InChI is InChI=1S/C26H26N4O5S2/c31-26(21-8-6-19(7-9-21)20-12-14-27-15-13-20)29-37(34,35)23-10-11-24(25(18-23)30(32)33)28-16-17-36-22-4-2-1-3-5-22/h1-12,18,27-28H,13-17H2,(H,29,31). The van der Waals surface area contributed by atoms with Crippen LogP contribution >= 0.6 is 11.8 Å². The lowest BCUT2D eigenvalue weighted by molar-refractivity contribution is -0.384. The summed E-state index contributed by atoms with van der Waals surface area (Å²) in [4.78, 5) is 24.3. The summed E-state index contributed by atoms with van der Waals surface area (Å²) < 4.78 is 27.7. The molecule has 0 spiro atoms. The molecule has 1 aliphatic rings. The van der Waals surface area contributed by atoms with Gasteiger partial charge in [-0.25, -0.2) is 13.1 Å². The molecule has 0 saturated heterocycles. The van der Waals surface area contributed by atoms with Crippen LogP contribution in [0.25, 0.3) is 5.57 Å². The molecule has 192 valence electrons. The average Bonchev–Trinajstić information content (AvgIpc) is 2.92. The summed E-state index contributed by atoms with van der Waals surface area (Å²) in [5, 5.41) is 17.9. The zero-order valence-electron chi connectivity index (χ0n) is 19.8. The molecule has 0 atom stereocenters. The number of nitro groups is 1. The second-order valence-corrected chi connectivity index (χ2v) is 11.1. The van der Waals surface area contributed by atoms with Gasteiger partial charge in [0.05, 0.1) is 9.82 Å². The molecule has 1 heterocycles. The Hall–Kier alpha value is -3.67. The molecule has 0 saturated carbocycles. The minimum Gasteiger partial charge on any atom is -0.379 e. The van der Waals surface area contributed by atoms with E-state index in [9.17, 15) is 23.3 Å². The number of nitrogens with zero attached hydrogens (tertiary/aromatic N) is 1. The molecule has 4 rings (SSSR count). The topological polar surface area (TPSA) is 130 Å². The zero-order valence-corrected chi connectivity index (χ0v) is 21.5. The minimum atomic E-state index is -4.33. The summed E-state index contributed by atoms with van der Waals surface area (Å²) in [6.07, 6.45) is 2.95. The van der Waals surface area contributed by atoms with E-state index < -0.39 is 20.9 Å². The number of benzene rings is 3. The summed E-state index contributed by atoms with van der Waals surface area (Å²) in [5.74, 6) is -0.154. The largest absolute Gasteiger partial charge is 0.379 e. The van der Waals surface area contributed by atoms with E-state index in [0.717, 1.165) is 41.6 Å². The lowest BCUT2D eigenvalue weighted by Crippen LogP contribution is -2.30. The Morgan fingerprint density at radius 3 is 2.49 bits per heavy atom. The van der Waals surface area contributed by atoms with Gasteiger partial charge >= 0.3 is 0 Å². The fourth-order valence-electron chi connectivity index (χ4n) is 3.81. The third-order valence-corrected chi connectivity index (χ3v) is 8.06. The van der Waals surface area contributed by atoms with Crippen LogP contribution in [0.4, 0.5) is 11.4 Å². The van der Waals surface area contributed by atoms with E-state index in [0.29, 0.717) is 12.3 Å². The van der Waals surface area contributed by atoms with Gasteiger partial charge in [-0.05, 0) is 60.5 Å². The first kappa shape index (κ1) is 26.4. The molecule has 0 aromatic heterocycles. The number of anilines is 1. The van der Waals surface area contributed by atoms with Crippen LogP contribution in [-0.2, 0) is 10.0 Å². The molecule has 0 aliphatic carbocycles. The second kappa shape index (κ2) is 12.0. The Bertz CT molecular complexity index is 1410. The van der Waals surface area contributed by atoms with Crippen LogP contribution in [0.3, 0.4) is 0 Å². The average molecular weight is 539 g/mol. The van der Waals surface area contributed by atoms with Gasteiger partial charge in [0.25, 0.3) is 21.6 Å². The van der Waals surface area contributed by atoms with Crippen molar-refractivity contribution < 1.29 is 18.1 Å². The lowest BCUT2D eigenvalue weighted by Gasteiger charge is -2.14. The van der Waals surface area contributed by atoms with Gasteiger partial charge in [-0.2, -0.15) is 0 Å². The van der Waals surface area contributed by atoms with Gasteiger partial charge in [-0.1, -0.05) is 36.4 Å². The van der Waals surface area contributed by atoms with Crippen molar-refractivity contribution in [3.05, 3.63) is 100 Å². The van der Waals surface area contributed by atoms with Gasteiger partial charge in [0, 0.05) is 35.4 Å². The fourth-order valence-corrected chi connectivity index (χ4v) is 5.59. The molecule has 3 aromatic rings. The summed E-state index contributed by atoms with van der Waals surface area (Å²) in [6, 6.07) is 19.9. The van der Waals surface area contributed by atoms with Crippen molar-refractivity contribution in [2.75, 3.05) is 30.7 Å². The molecular weight excluding hydrogens is 512 g/mol. The Morgan fingerprint density at radius 2 is 1.81 bits per heavy atom. The van der Waals surface area contributed by atoms with Gasteiger partial charge in [0.1, 0.15) is 5.69 Å². The van der Waals surface area contributed by atoms with Crippen molar-refractivity contribution in [2.24, 2.45) is 0 Å². The van der Waals surface area contributed by atoms with E-state index in [-0.39, 0.29) is 21.8 Å².